The predicted molar refractivity (Wildman–Crippen MR) is 114 cm³/mol. The highest BCUT2D eigenvalue weighted by Crippen LogP contribution is 2.54. The molecule has 0 aliphatic rings. The van der Waals surface area contributed by atoms with Gasteiger partial charge in [0, 0.05) is 16.1 Å². The fourth-order valence-electron chi connectivity index (χ4n) is 3.21. The van der Waals surface area contributed by atoms with Gasteiger partial charge in [0.15, 0.2) is 4.75 Å². The van der Waals surface area contributed by atoms with Crippen LogP contribution in [0.2, 0.25) is 20.1 Å². The summed E-state index contributed by atoms with van der Waals surface area (Å²) < 4.78 is 33.9. The Labute approximate surface area is 186 Å². The van der Waals surface area contributed by atoms with Crippen LogP contribution in [0.25, 0.3) is 0 Å². The Hall–Kier alpha value is -1.67. The summed E-state index contributed by atoms with van der Waals surface area (Å²) >= 11 is 24.3. The quantitative estimate of drug-likeness (QED) is 0.311. The third kappa shape index (κ3) is 3.54. The lowest BCUT2D eigenvalue weighted by atomic mass is 9.83. The molecule has 0 amide bonds. The molecule has 1 atom stereocenters. The Bertz CT molecular complexity index is 1200. The highest BCUT2D eigenvalue weighted by Gasteiger charge is 2.53. The molecule has 0 saturated heterocycles. The molecule has 0 aliphatic carbocycles. The van der Waals surface area contributed by atoms with Crippen molar-refractivity contribution < 1.29 is 23.2 Å². The summed E-state index contributed by atoms with van der Waals surface area (Å²) in [6.45, 7) is 0. The Kier molecular flexibility index (Phi) is 5.98. The van der Waals surface area contributed by atoms with Crippen molar-refractivity contribution in [3.63, 3.8) is 0 Å². The van der Waals surface area contributed by atoms with Crippen LogP contribution in [-0.4, -0.2) is 23.2 Å². The molecule has 1 unspecified atom stereocenters. The zero-order valence-electron chi connectivity index (χ0n) is 14.3. The molecule has 0 saturated carbocycles. The molecule has 0 bridgehead atoms. The molecule has 0 spiro atoms. The molecule has 5 nitrogen and oxygen atoms in total. The minimum atomic E-state index is -5.16. The number of phenols is 2. The number of rotatable bonds is 4. The Balaban J connectivity index is 2.65. The largest absolute Gasteiger partial charge is 0.508 e. The maximum atomic E-state index is 13.0. The van der Waals surface area contributed by atoms with Crippen molar-refractivity contribution in [3.8, 4) is 11.5 Å². The molecular formula is C19H12Cl4O5S. The van der Waals surface area contributed by atoms with Gasteiger partial charge in [-0.05, 0) is 35.9 Å². The zero-order chi connectivity index (χ0) is 21.6. The van der Waals surface area contributed by atoms with E-state index in [0.29, 0.717) is 0 Å². The van der Waals surface area contributed by atoms with Crippen molar-refractivity contribution in [1.29, 1.82) is 0 Å². The van der Waals surface area contributed by atoms with E-state index in [2.05, 4.69) is 0 Å². The van der Waals surface area contributed by atoms with E-state index in [0.717, 1.165) is 6.07 Å². The highest BCUT2D eigenvalue weighted by molar-refractivity contribution is 7.87. The summed E-state index contributed by atoms with van der Waals surface area (Å²) in [5, 5.41) is 20.9. The SMILES string of the molecule is O=S(=O)(O)C(c1ccc(Cl)cc1)(c1cccc(Cl)c1O)c1c(O)ccc(Cl)c1Cl. The van der Waals surface area contributed by atoms with Crippen molar-refractivity contribution in [2.75, 3.05) is 0 Å². The first kappa shape index (κ1) is 22.0. The summed E-state index contributed by atoms with van der Waals surface area (Å²) in [4.78, 5) is 0. The number of phenolic OH excluding ortho intramolecular Hbond substituents is 2. The molecule has 0 aromatic heterocycles. The third-order valence-corrected chi connectivity index (χ3v) is 7.22. The van der Waals surface area contributed by atoms with Crippen LogP contribution in [0.3, 0.4) is 0 Å². The number of para-hydroxylation sites is 1. The second kappa shape index (κ2) is 7.87. The van der Waals surface area contributed by atoms with E-state index in [4.69, 9.17) is 46.4 Å². The van der Waals surface area contributed by atoms with Gasteiger partial charge in [-0.3, -0.25) is 4.55 Å². The fraction of sp³-hybridized carbons (Fsp3) is 0.0526. The van der Waals surface area contributed by atoms with Gasteiger partial charge in [0.25, 0.3) is 10.1 Å². The highest BCUT2D eigenvalue weighted by atomic mass is 35.5. The molecule has 0 fully saturated rings. The van der Waals surface area contributed by atoms with Crippen molar-refractivity contribution in [1.82, 2.24) is 0 Å². The smallest absolute Gasteiger partial charge is 0.283 e. The number of hydrogen-bond donors (Lipinski definition) is 3. The van der Waals surface area contributed by atoms with Gasteiger partial charge < -0.3 is 10.2 Å². The summed E-state index contributed by atoms with van der Waals surface area (Å²) in [5.41, 5.74) is -0.857. The van der Waals surface area contributed by atoms with Gasteiger partial charge in [0.1, 0.15) is 11.5 Å². The molecule has 10 heteroatoms. The monoisotopic (exact) mass is 492 g/mol. The molecule has 3 aromatic rings. The predicted octanol–water partition coefficient (Wildman–Crippen LogP) is 5.89. The fourth-order valence-corrected chi connectivity index (χ4v) is 5.37. The lowest BCUT2D eigenvalue weighted by Crippen LogP contribution is -2.38. The van der Waals surface area contributed by atoms with Gasteiger partial charge in [-0.2, -0.15) is 8.42 Å². The second-order valence-electron chi connectivity index (χ2n) is 6.05. The average Bonchev–Trinajstić information content (AvgIpc) is 2.65. The Morgan fingerprint density at radius 3 is 2.00 bits per heavy atom. The summed E-state index contributed by atoms with van der Waals surface area (Å²) in [7, 11) is -5.16. The first-order chi connectivity index (χ1) is 13.5. The molecule has 0 heterocycles. The van der Waals surface area contributed by atoms with Gasteiger partial charge in [-0.1, -0.05) is 70.7 Å². The number of halogens is 4. The minimum Gasteiger partial charge on any atom is -0.508 e. The van der Waals surface area contributed by atoms with Crippen molar-refractivity contribution >= 4 is 56.5 Å². The van der Waals surface area contributed by atoms with Crippen LogP contribution >= 0.6 is 46.4 Å². The van der Waals surface area contributed by atoms with Gasteiger partial charge >= 0.3 is 0 Å². The normalized spacial score (nSPS) is 13.8. The van der Waals surface area contributed by atoms with E-state index in [1.54, 1.807) is 0 Å². The van der Waals surface area contributed by atoms with Gasteiger partial charge in [0.05, 0.1) is 15.1 Å². The first-order valence-electron chi connectivity index (χ1n) is 7.90. The standard InChI is InChI=1S/C19H12Cl4O5S/c20-11-6-4-10(5-7-11)19(29(26,27)28,12-2-1-3-14(22)18(12)25)16-15(24)9-8-13(21)17(16)23/h1-9,24-25H,(H,26,27,28). The Morgan fingerprint density at radius 2 is 1.41 bits per heavy atom. The van der Waals surface area contributed by atoms with Crippen molar-refractivity contribution in [2.24, 2.45) is 0 Å². The molecule has 3 rings (SSSR count). The summed E-state index contributed by atoms with van der Waals surface area (Å²) in [6.07, 6.45) is 0. The lowest BCUT2D eigenvalue weighted by molar-refractivity contribution is 0.428. The summed E-state index contributed by atoms with van der Waals surface area (Å²) in [5.74, 6) is -1.21. The van der Waals surface area contributed by atoms with E-state index >= 15 is 0 Å². The van der Waals surface area contributed by atoms with E-state index in [-0.39, 0.29) is 31.2 Å². The molecule has 0 radical (unpaired) electrons. The minimum absolute atomic E-state index is 0.0681. The van der Waals surface area contributed by atoms with Crippen LogP contribution in [0.5, 0.6) is 11.5 Å². The van der Waals surface area contributed by atoms with E-state index in [1.165, 1.54) is 48.5 Å². The second-order valence-corrected chi connectivity index (χ2v) is 9.25. The van der Waals surface area contributed by atoms with Crippen molar-refractivity contribution in [2.45, 2.75) is 4.75 Å². The average molecular weight is 494 g/mol. The maximum absolute atomic E-state index is 13.0. The molecule has 152 valence electrons. The molecule has 3 aromatic carbocycles. The van der Waals surface area contributed by atoms with Crippen LogP contribution in [0.15, 0.2) is 54.6 Å². The number of benzene rings is 3. The van der Waals surface area contributed by atoms with Gasteiger partial charge in [0.2, 0.25) is 0 Å². The number of hydrogen-bond acceptors (Lipinski definition) is 4. The molecule has 0 aliphatic heterocycles. The first-order valence-corrected chi connectivity index (χ1v) is 10.9. The van der Waals surface area contributed by atoms with E-state index in [1.807, 2.05) is 0 Å². The van der Waals surface area contributed by atoms with Gasteiger partial charge in [-0.15, -0.1) is 0 Å². The van der Waals surface area contributed by atoms with E-state index < -0.39 is 31.9 Å². The summed E-state index contributed by atoms with van der Waals surface area (Å²) in [6, 6.07) is 11.7. The third-order valence-electron chi connectivity index (χ3n) is 4.43. The van der Waals surface area contributed by atoms with Crippen LogP contribution in [0.4, 0.5) is 0 Å². The topological polar surface area (TPSA) is 94.8 Å². The van der Waals surface area contributed by atoms with Crippen molar-refractivity contribution in [3.05, 3.63) is 91.4 Å². The zero-order valence-corrected chi connectivity index (χ0v) is 18.1. The molecular weight excluding hydrogens is 482 g/mol. The van der Waals surface area contributed by atoms with Gasteiger partial charge in [-0.25, -0.2) is 0 Å². The lowest BCUT2D eigenvalue weighted by Gasteiger charge is -2.34. The molecule has 3 N–H and O–H groups in total. The Morgan fingerprint density at radius 1 is 0.793 bits per heavy atom. The number of aromatic hydroxyl groups is 2. The van der Waals surface area contributed by atoms with Crippen LogP contribution in [0.1, 0.15) is 16.7 Å². The van der Waals surface area contributed by atoms with E-state index in [9.17, 15) is 23.2 Å². The maximum Gasteiger partial charge on any atom is 0.283 e. The molecule has 29 heavy (non-hydrogen) atoms. The van der Waals surface area contributed by atoms with Crippen LogP contribution < -0.4 is 0 Å². The van der Waals surface area contributed by atoms with Crippen LogP contribution in [-0.2, 0) is 14.9 Å². The van der Waals surface area contributed by atoms with Crippen LogP contribution in [0, 0.1) is 0 Å².